The third-order valence-electron chi connectivity index (χ3n) is 6.28. The molecule has 1 unspecified atom stereocenters. The SMILES string of the molecule is O=C(NCc1nc(CC(=O)N2CCC2C(=O)O)cs1)OCC1c2ccccc2-c2ccccc21. The summed E-state index contributed by atoms with van der Waals surface area (Å²) < 4.78 is 5.53. The Morgan fingerprint density at radius 3 is 2.38 bits per heavy atom. The second-order valence-corrected chi connectivity index (χ2v) is 9.26. The lowest BCUT2D eigenvalue weighted by Gasteiger charge is -2.37. The van der Waals surface area contributed by atoms with E-state index in [0.29, 0.717) is 23.7 Å². The third kappa shape index (κ3) is 4.26. The van der Waals surface area contributed by atoms with Crippen LogP contribution in [-0.2, 0) is 27.3 Å². The molecular weight excluding hydrogens is 454 g/mol. The van der Waals surface area contributed by atoms with E-state index in [1.807, 2.05) is 24.3 Å². The van der Waals surface area contributed by atoms with E-state index in [1.165, 1.54) is 27.4 Å². The summed E-state index contributed by atoms with van der Waals surface area (Å²) in [4.78, 5) is 41.5. The van der Waals surface area contributed by atoms with Gasteiger partial charge in [0.2, 0.25) is 5.91 Å². The summed E-state index contributed by atoms with van der Waals surface area (Å²) in [5.74, 6) is -1.24. The van der Waals surface area contributed by atoms with Gasteiger partial charge in [-0.15, -0.1) is 11.3 Å². The van der Waals surface area contributed by atoms with E-state index in [0.717, 1.165) is 11.1 Å². The van der Waals surface area contributed by atoms with Crippen LogP contribution in [0, 0.1) is 0 Å². The molecule has 2 amide bonds. The number of thiazole rings is 1. The van der Waals surface area contributed by atoms with E-state index in [2.05, 4.69) is 34.6 Å². The van der Waals surface area contributed by atoms with Crippen molar-refractivity contribution in [2.45, 2.75) is 31.3 Å². The lowest BCUT2D eigenvalue weighted by molar-refractivity contribution is -0.156. The molecular formula is C25H23N3O5S. The summed E-state index contributed by atoms with van der Waals surface area (Å²) in [5, 5.41) is 14.2. The molecule has 3 aromatic rings. The number of aliphatic carboxylic acids is 1. The largest absolute Gasteiger partial charge is 0.480 e. The number of fused-ring (bicyclic) bond motifs is 3. The van der Waals surface area contributed by atoms with E-state index >= 15 is 0 Å². The molecule has 1 fully saturated rings. The van der Waals surface area contributed by atoms with Crippen molar-refractivity contribution in [2.24, 2.45) is 0 Å². The van der Waals surface area contributed by atoms with Gasteiger partial charge in [0.05, 0.1) is 18.7 Å². The first kappa shape index (κ1) is 22.1. The maximum absolute atomic E-state index is 12.3. The third-order valence-corrected chi connectivity index (χ3v) is 7.18. The number of nitrogens with one attached hydrogen (secondary N) is 1. The molecule has 1 aromatic heterocycles. The molecule has 1 aliphatic carbocycles. The normalized spacial score (nSPS) is 16.4. The first-order chi connectivity index (χ1) is 16.5. The fourth-order valence-corrected chi connectivity index (χ4v) is 5.24. The Kier molecular flexibility index (Phi) is 6.02. The minimum atomic E-state index is -0.981. The van der Waals surface area contributed by atoms with Crippen LogP contribution in [0.15, 0.2) is 53.9 Å². The quantitative estimate of drug-likeness (QED) is 0.540. The van der Waals surface area contributed by atoms with Crippen molar-refractivity contribution in [2.75, 3.05) is 13.2 Å². The maximum Gasteiger partial charge on any atom is 0.407 e. The van der Waals surface area contributed by atoms with Crippen LogP contribution in [0.2, 0.25) is 0 Å². The van der Waals surface area contributed by atoms with Gasteiger partial charge in [-0.1, -0.05) is 48.5 Å². The van der Waals surface area contributed by atoms with Crippen LogP contribution in [0.4, 0.5) is 4.79 Å². The minimum Gasteiger partial charge on any atom is -0.480 e. The smallest absolute Gasteiger partial charge is 0.407 e. The topological polar surface area (TPSA) is 109 Å². The molecule has 2 aromatic carbocycles. The summed E-state index contributed by atoms with van der Waals surface area (Å²) in [6.07, 6.45) is -0.00172. The minimum absolute atomic E-state index is 0.00763. The van der Waals surface area contributed by atoms with Gasteiger partial charge in [0, 0.05) is 17.8 Å². The number of carboxylic acids is 1. The second-order valence-electron chi connectivity index (χ2n) is 8.32. The molecule has 0 bridgehead atoms. The van der Waals surface area contributed by atoms with Crippen molar-refractivity contribution >= 4 is 29.3 Å². The molecule has 2 heterocycles. The first-order valence-corrected chi connectivity index (χ1v) is 11.9. The number of rotatable bonds is 7. The molecule has 1 saturated heterocycles. The summed E-state index contributed by atoms with van der Waals surface area (Å²) in [6.45, 7) is 0.880. The number of aromatic nitrogens is 1. The number of carbonyl (C=O) groups excluding carboxylic acids is 2. The monoisotopic (exact) mass is 477 g/mol. The van der Waals surface area contributed by atoms with E-state index in [4.69, 9.17) is 9.84 Å². The number of amides is 2. The fourth-order valence-electron chi connectivity index (χ4n) is 4.51. The number of benzene rings is 2. The molecule has 174 valence electrons. The van der Waals surface area contributed by atoms with Crippen LogP contribution < -0.4 is 5.32 Å². The van der Waals surface area contributed by atoms with Crippen LogP contribution >= 0.6 is 11.3 Å². The van der Waals surface area contributed by atoms with Gasteiger partial charge in [0.15, 0.2) is 0 Å². The molecule has 5 rings (SSSR count). The molecule has 0 saturated carbocycles. The van der Waals surface area contributed by atoms with E-state index in [-0.39, 0.29) is 31.4 Å². The number of hydrogen-bond acceptors (Lipinski definition) is 6. The van der Waals surface area contributed by atoms with E-state index in [1.54, 1.807) is 5.38 Å². The molecule has 34 heavy (non-hydrogen) atoms. The van der Waals surface area contributed by atoms with Gasteiger partial charge in [0.1, 0.15) is 17.7 Å². The van der Waals surface area contributed by atoms with E-state index < -0.39 is 18.1 Å². The summed E-state index contributed by atoms with van der Waals surface area (Å²) in [5.41, 5.74) is 5.21. The number of alkyl carbamates (subject to hydrolysis) is 1. The molecule has 1 atom stereocenters. The van der Waals surface area contributed by atoms with Crippen LogP contribution in [0.25, 0.3) is 11.1 Å². The van der Waals surface area contributed by atoms with Gasteiger partial charge in [-0.3, -0.25) is 4.79 Å². The van der Waals surface area contributed by atoms with Gasteiger partial charge < -0.3 is 20.1 Å². The summed E-state index contributed by atoms with van der Waals surface area (Å²) >= 11 is 1.33. The highest BCUT2D eigenvalue weighted by Gasteiger charge is 2.37. The molecule has 8 nitrogen and oxygen atoms in total. The zero-order valence-corrected chi connectivity index (χ0v) is 19.1. The molecule has 2 aliphatic rings. The molecule has 0 radical (unpaired) electrons. The van der Waals surface area contributed by atoms with Crippen molar-refractivity contribution in [1.82, 2.24) is 15.2 Å². The average Bonchev–Trinajstić information content (AvgIpc) is 3.37. The number of hydrogen-bond donors (Lipinski definition) is 2. The number of carbonyl (C=O) groups is 3. The molecule has 9 heteroatoms. The van der Waals surface area contributed by atoms with Crippen molar-refractivity contribution in [3.05, 3.63) is 75.7 Å². The Morgan fingerprint density at radius 1 is 1.09 bits per heavy atom. The number of carboxylic acid groups (broad SMARTS) is 1. The number of ether oxygens (including phenoxy) is 1. The fraction of sp³-hybridized carbons (Fsp3) is 0.280. The summed E-state index contributed by atoms with van der Waals surface area (Å²) in [6, 6.07) is 15.6. The predicted molar refractivity (Wildman–Crippen MR) is 125 cm³/mol. The lowest BCUT2D eigenvalue weighted by Crippen LogP contribution is -2.55. The average molecular weight is 478 g/mol. The Hall–Kier alpha value is -3.72. The Bertz CT molecular complexity index is 1210. The Labute approximate surface area is 200 Å². The van der Waals surface area contributed by atoms with Gasteiger partial charge >= 0.3 is 12.1 Å². The molecule has 2 N–H and O–H groups in total. The Morgan fingerprint density at radius 2 is 1.76 bits per heavy atom. The van der Waals surface area contributed by atoms with Gasteiger partial charge in [0.25, 0.3) is 0 Å². The second kappa shape index (κ2) is 9.26. The van der Waals surface area contributed by atoms with Gasteiger partial charge in [-0.25, -0.2) is 14.6 Å². The van der Waals surface area contributed by atoms with Crippen molar-refractivity contribution in [3.8, 4) is 11.1 Å². The van der Waals surface area contributed by atoms with Crippen LogP contribution in [-0.4, -0.2) is 52.2 Å². The van der Waals surface area contributed by atoms with Gasteiger partial charge in [-0.05, 0) is 28.7 Å². The highest BCUT2D eigenvalue weighted by Crippen LogP contribution is 2.44. The molecule has 1 aliphatic heterocycles. The number of likely N-dealkylation sites (tertiary alicyclic amines) is 1. The van der Waals surface area contributed by atoms with Crippen LogP contribution in [0.3, 0.4) is 0 Å². The van der Waals surface area contributed by atoms with Crippen molar-refractivity contribution < 1.29 is 24.2 Å². The number of nitrogens with zero attached hydrogens (tertiary/aromatic N) is 2. The lowest BCUT2D eigenvalue weighted by atomic mass is 9.98. The Balaban J connectivity index is 1.13. The first-order valence-electron chi connectivity index (χ1n) is 11.1. The maximum atomic E-state index is 12.3. The zero-order chi connectivity index (χ0) is 23.7. The van der Waals surface area contributed by atoms with Crippen molar-refractivity contribution in [3.63, 3.8) is 0 Å². The van der Waals surface area contributed by atoms with Crippen LogP contribution in [0.5, 0.6) is 0 Å². The van der Waals surface area contributed by atoms with Gasteiger partial charge in [-0.2, -0.15) is 0 Å². The highest BCUT2D eigenvalue weighted by atomic mass is 32.1. The predicted octanol–water partition coefficient (Wildman–Crippen LogP) is 3.41. The highest BCUT2D eigenvalue weighted by molar-refractivity contribution is 7.09. The van der Waals surface area contributed by atoms with Crippen LogP contribution in [0.1, 0.15) is 34.2 Å². The van der Waals surface area contributed by atoms with E-state index in [9.17, 15) is 14.4 Å². The standard InChI is InChI=1S/C25H23N3O5S/c29-23(28-10-9-21(28)24(30)31)11-15-14-34-22(27-15)12-26-25(32)33-13-20-18-7-3-1-5-16(18)17-6-2-4-8-19(17)20/h1-8,14,20-21H,9-13H2,(H,26,32)(H,30,31). The zero-order valence-electron chi connectivity index (χ0n) is 18.3. The summed E-state index contributed by atoms with van der Waals surface area (Å²) in [7, 11) is 0. The van der Waals surface area contributed by atoms with Crippen molar-refractivity contribution in [1.29, 1.82) is 0 Å². The molecule has 0 spiro atoms.